The van der Waals surface area contributed by atoms with Crippen LogP contribution in [-0.2, 0) is 4.79 Å². The van der Waals surface area contributed by atoms with Crippen LogP contribution in [0.25, 0.3) is 11.2 Å². The number of hydrogen-bond donors (Lipinski definition) is 3. The Morgan fingerprint density at radius 2 is 2.29 bits per heavy atom. The van der Waals surface area contributed by atoms with E-state index in [0.29, 0.717) is 32.7 Å². The number of fused-ring (bicyclic) bond motifs is 1. The highest BCUT2D eigenvalue weighted by Gasteiger charge is 2.15. The number of H-pyrrole nitrogens is 1. The second-order valence-electron chi connectivity index (χ2n) is 4.94. The molecule has 4 N–H and O–H groups in total. The predicted octanol–water partition coefficient (Wildman–Crippen LogP) is 2.22. The van der Waals surface area contributed by atoms with Crippen LogP contribution in [0.15, 0.2) is 11.5 Å². The summed E-state index contributed by atoms with van der Waals surface area (Å²) in [5.74, 6) is 0.248. The molecule has 0 aliphatic carbocycles. The molecule has 10 heteroatoms. The maximum atomic E-state index is 12.1. The molecule has 3 rings (SSSR count). The van der Waals surface area contributed by atoms with E-state index < -0.39 is 0 Å². The SMILES string of the molecule is Cc1sc(NC(=O)CSc2nc3ncnc(N)c3[nH]2)c(C#N)c1C. The molecule has 0 fully saturated rings. The molecule has 0 unspecified atom stereocenters. The Morgan fingerprint density at radius 1 is 1.50 bits per heavy atom. The number of thiophene rings is 1. The first-order chi connectivity index (χ1) is 11.5. The second kappa shape index (κ2) is 6.46. The van der Waals surface area contributed by atoms with Crippen LogP contribution in [0.4, 0.5) is 10.8 Å². The van der Waals surface area contributed by atoms with E-state index in [1.807, 2.05) is 13.8 Å². The van der Waals surface area contributed by atoms with Crippen molar-refractivity contribution >= 4 is 51.0 Å². The molecule has 24 heavy (non-hydrogen) atoms. The van der Waals surface area contributed by atoms with E-state index in [1.54, 1.807) is 0 Å². The number of amides is 1. The van der Waals surface area contributed by atoms with Crippen molar-refractivity contribution in [2.45, 2.75) is 19.0 Å². The average molecular weight is 359 g/mol. The van der Waals surface area contributed by atoms with E-state index in [-0.39, 0.29) is 11.7 Å². The number of anilines is 2. The van der Waals surface area contributed by atoms with Crippen LogP contribution < -0.4 is 11.1 Å². The molecular formula is C14H13N7OS2. The number of nitrogen functional groups attached to an aromatic ring is 1. The lowest BCUT2D eigenvalue weighted by atomic mass is 10.2. The smallest absolute Gasteiger partial charge is 0.235 e. The number of rotatable bonds is 4. The van der Waals surface area contributed by atoms with Gasteiger partial charge >= 0.3 is 0 Å². The monoisotopic (exact) mass is 359 g/mol. The molecule has 0 aliphatic rings. The van der Waals surface area contributed by atoms with Gasteiger partial charge in [0.2, 0.25) is 5.91 Å². The Morgan fingerprint density at radius 3 is 3.00 bits per heavy atom. The highest BCUT2D eigenvalue weighted by atomic mass is 32.2. The van der Waals surface area contributed by atoms with Gasteiger partial charge in [-0.1, -0.05) is 11.8 Å². The first-order valence-corrected chi connectivity index (χ1v) is 8.68. The molecule has 0 radical (unpaired) electrons. The Kier molecular flexibility index (Phi) is 4.37. The maximum absolute atomic E-state index is 12.1. The lowest BCUT2D eigenvalue weighted by Gasteiger charge is -2.02. The molecule has 0 spiro atoms. The number of aryl methyl sites for hydroxylation is 1. The van der Waals surface area contributed by atoms with E-state index in [4.69, 9.17) is 5.73 Å². The van der Waals surface area contributed by atoms with Crippen molar-refractivity contribution in [2.24, 2.45) is 0 Å². The van der Waals surface area contributed by atoms with Gasteiger partial charge in [-0.15, -0.1) is 11.3 Å². The minimum Gasteiger partial charge on any atom is -0.382 e. The normalized spacial score (nSPS) is 10.7. The summed E-state index contributed by atoms with van der Waals surface area (Å²) in [7, 11) is 0. The van der Waals surface area contributed by atoms with E-state index in [1.165, 1.54) is 29.4 Å². The molecule has 8 nitrogen and oxygen atoms in total. The number of carbonyl (C=O) groups is 1. The number of aromatic nitrogens is 4. The summed E-state index contributed by atoms with van der Waals surface area (Å²) in [5, 5.41) is 13.1. The van der Waals surface area contributed by atoms with Crippen LogP contribution in [-0.4, -0.2) is 31.6 Å². The van der Waals surface area contributed by atoms with E-state index >= 15 is 0 Å². The third-order valence-corrected chi connectivity index (χ3v) is 5.38. The minimum absolute atomic E-state index is 0.147. The Balaban J connectivity index is 1.68. The summed E-state index contributed by atoms with van der Waals surface area (Å²) >= 11 is 2.63. The first kappa shape index (κ1) is 16.2. The summed E-state index contributed by atoms with van der Waals surface area (Å²) in [6, 6.07) is 2.13. The summed E-state index contributed by atoms with van der Waals surface area (Å²) in [4.78, 5) is 28.3. The molecule has 3 heterocycles. The number of thioether (sulfide) groups is 1. The van der Waals surface area contributed by atoms with Gasteiger partial charge < -0.3 is 16.0 Å². The van der Waals surface area contributed by atoms with Gasteiger partial charge in [0, 0.05) is 4.88 Å². The number of hydrogen-bond acceptors (Lipinski definition) is 8. The van der Waals surface area contributed by atoms with Crippen molar-refractivity contribution in [3.05, 3.63) is 22.3 Å². The maximum Gasteiger partial charge on any atom is 0.235 e. The lowest BCUT2D eigenvalue weighted by molar-refractivity contribution is -0.113. The molecule has 0 atom stereocenters. The largest absolute Gasteiger partial charge is 0.382 e. The van der Waals surface area contributed by atoms with Gasteiger partial charge in [-0.05, 0) is 19.4 Å². The van der Waals surface area contributed by atoms with Crippen LogP contribution in [0.3, 0.4) is 0 Å². The summed E-state index contributed by atoms with van der Waals surface area (Å²) in [6.45, 7) is 3.79. The van der Waals surface area contributed by atoms with Gasteiger partial charge in [0.1, 0.15) is 22.9 Å². The van der Waals surface area contributed by atoms with Gasteiger partial charge in [0.15, 0.2) is 16.6 Å². The highest BCUT2D eigenvalue weighted by Crippen LogP contribution is 2.31. The highest BCUT2D eigenvalue weighted by molar-refractivity contribution is 7.99. The van der Waals surface area contributed by atoms with Crippen molar-refractivity contribution in [1.29, 1.82) is 5.26 Å². The fourth-order valence-electron chi connectivity index (χ4n) is 2.04. The van der Waals surface area contributed by atoms with Crippen LogP contribution in [0.2, 0.25) is 0 Å². The number of nitrogens with one attached hydrogen (secondary N) is 2. The molecule has 0 aromatic carbocycles. The standard InChI is InChI=1S/C14H13N7OS2/c1-6-7(2)24-13(8(6)3-15)19-9(22)4-23-14-20-10-11(16)17-5-18-12(10)21-14/h5H,4H2,1-2H3,(H,19,22)(H3,16,17,18,20,21). The zero-order valence-corrected chi connectivity index (χ0v) is 14.5. The van der Waals surface area contributed by atoms with Gasteiger partial charge in [0.05, 0.1) is 11.3 Å². The van der Waals surface area contributed by atoms with E-state index in [9.17, 15) is 10.1 Å². The fraction of sp³-hybridized carbons (Fsp3) is 0.214. The zero-order valence-electron chi connectivity index (χ0n) is 12.9. The number of nitrogens with two attached hydrogens (primary N) is 1. The molecule has 0 bridgehead atoms. The average Bonchev–Trinajstić information content (AvgIpc) is 3.08. The molecule has 122 valence electrons. The van der Waals surface area contributed by atoms with Crippen molar-refractivity contribution in [1.82, 2.24) is 19.9 Å². The molecule has 0 saturated carbocycles. The van der Waals surface area contributed by atoms with Gasteiger partial charge in [-0.3, -0.25) is 4.79 Å². The van der Waals surface area contributed by atoms with Gasteiger partial charge in [-0.25, -0.2) is 15.0 Å². The number of nitrogens with zero attached hydrogens (tertiary/aromatic N) is 4. The number of nitriles is 1. The molecule has 1 amide bonds. The van der Waals surface area contributed by atoms with Crippen molar-refractivity contribution in [3.8, 4) is 6.07 Å². The molecule has 0 aliphatic heterocycles. The zero-order chi connectivity index (χ0) is 17.3. The second-order valence-corrected chi connectivity index (χ2v) is 7.12. The lowest BCUT2D eigenvalue weighted by Crippen LogP contribution is -2.14. The summed E-state index contributed by atoms with van der Waals surface area (Å²) in [6.07, 6.45) is 1.34. The number of carbonyl (C=O) groups excluding carboxylic acids is 1. The third kappa shape index (κ3) is 3.04. The van der Waals surface area contributed by atoms with E-state index in [0.717, 1.165) is 10.4 Å². The van der Waals surface area contributed by atoms with Crippen molar-refractivity contribution in [2.75, 3.05) is 16.8 Å². The predicted molar refractivity (Wildman–Crippen MR) is 94.0 cm³/mol. The van der Waals surface area contributed by atoms with Gasteiger partial charge in [0.25, 0.3) is 0 Å². The van der Waals surface area contributed by atoms with Crippen LogP contribution in [0, 0.1) is 25.2 Å². The molecule has 3 aromatic heterocycles. The van der Waals surface area contributed by atoms with E-state index in [2.05, 4.69) is 31.3 Å². The summed E-state index contributed by atoms with van der Waals surface area (Å²) < 4.78 is 0. The Hall–Kier alpha value is -2.64. The minimum atomic E-state index is -0.211. The first-order valence-electron chi connectivity index (χ1n) is 6.88. The van der Waals surface area contributed by atoms with Crippen molar-refractivity contribution < 1.29 is 4.79 Å². The molecule has 3 aromatic rings. The molecule has 0 saturated heterocycles. The Bertz CT molecular complexity index is 970. The number of aromatic amines is 1. The number of imidazole rings is 1. The third-order valence-electron chi connectivity index (χ3n) is 3.39. The molecular weight excluding hydrogens is 346 g/mol. The van der Waals surface area contributed by atoms with Crippen LogP contribution >= 0.6 is 23.1 Å². The topological polar surface area (TPSA) is 133 Å². The van der Waals surface area contributed by atoms with Crippen LogP contribution in [0.1, 0.15) is 16.0 Å². The Labute approximate surface area is 145 Å². The fourth-order valence-corrected chi connectivity index (χ4v) is 3.73. The van der Waals surface area contributed by atoms with Crippen molar-refractivity contribution in [3.63, 3.8) is 0 Å². The van der Waals surface area contributed by atoms with Gasteiger partial charge in [-0.2, -0.15) is 5.26 Å². The summed E-state index contributed by atoms with van der Waals surface area (Å²) in [5.41, 5.74) is 8.16. The van der Waals surface area contributed by atoms with Crippen LogP contribution in [0.5, 0.6) is 0 Å². The quantitative estimate of drug-likeness (QED) is 0.608.